The Morgan fingerprint density at radius 3 is 2.69 bits per heavy atom. The molecule has 0 spiro atoms. The maximum absolute atomic E-state index is 11.9. The van der Waals surface area contributed by atoms with Crippen LogP contribution in [0.3, 0.4) is 0 Å². The zero-order valence-electron chi connectivity index (χ0n) is 9.57. The minimum Gasteiger partial charge on any atom is -0.426 e. The molecule has 0 aromatic heterocycles. The van der Waals surface area contributed by atoms with Gasteiger partial charge in [-0.2, -0.15) is 5.26 Å². The Balaban J connectivity index is 2.64. The molecule has 82 valence electrons. The molecule has 0 aliphatic carbocycles. The molecule has 1 aliphatic rings. The average Bonchev–Trinajstić information content (AvgIpc) is 2.52. The molecule has 3 heteroatoms. The first kappa shape index (κ1) is 10.7. The molecule has 0 N–H and O–H groups in total. The molecular weight excluding hydrogens is 202 g/mol. The van der Waals surface area contributed by atoms with Gasteiger partial charge in [-0.15, -0.1) is 0 Å². The van der Waals surface area contributed by atoms with Crippen molar-refractivity contribution in [3.8, 4) is 11.8 Å². The first-order valence-electron chi connectivity index (χ1n) is 5.27. The molecule has 1 aliphatic heterocycles. The predicted octanol–water partition coefficient (Wildman–Crippen LogP) is 2.39. The maximum Gasteiger partial charge on any atom is 0.322 e. The molecule has 1 heterocycles. The van der Waals surface area contributed by atoms with E-state index < -0.39 is 5.41 Å². The van der Waals surface area contributed by atoms with E-state index in [2.05, 4.69) is 6.07 Å². The van der Waals surface area contributed by atoms with Crippen molar-refractivity contribution in [3.63, 3.8) is 0 Å². The first-order valence-corrected chi connectivity index (χ1v) is 5.27. The zero-order valence-corrected chi connectivity index (χ0v) is 9.57. The summed E-state index contributed by atoms with van der Waals surface area (Å²) in [5.41, 5.74) is 0.748. The molecule has 0 radical (unpaired) electrons. The van der Waals surface area contributed by atoms with Gasteiger partial charge in [0.15, 0.2) is 0 Å². The Bertz CT molecular complexity index is 499. The van der Waals surface area contributed by atoms with E-state index in [1.807, 2.05) is 20.8 Å². The fourth-order valence-corrected chi connectivity index (χ4v) is 1.96. The van der Waals surface area contributed by atoms with Crippen molar-refractivity contribution in [1.82, 2.24) is 0 Å². The van der Waals surface area contributed by atoms with Crippen molar-refractivity contribution in [2.75, 3.05) is 0 Å². The molecule has 2 rings (SSSR count). The van der Waals surface area contributed by atoms with Gasteiger partial charge in [0.05, 0.1) is 17.0 Å². The highest BCUT2D eigenvalue weighted by Gasteiger charge is 2.47. The van der Waals surface area contributed by atoms with Gasteiger partial charge in [0.25, 0.3) is 0 Å². The second kappa shape index (κ2) is 3.34. The van der Waals surface area contributed by atoms with E-state index in [0.29, 0.717) is 11.3 Å². The standard InChI is InChI=1S/C13H13NO2/c1-8(2)13(3)10-6-9(7-14)4-5-11(10)16-12(13)15/h4-6,8H,1-3H3. The summed E-state index contributed by atoms with van der Waals surface area (Å²) in [6.45, 7) is 5.83. The molecule has 1 aromatic rings. The monoisotopic (exact) mass is 215 g/mol. The van der Waals surface area contributed by atoms with Crippen LogP contribution in [0.15, 0.2) is 18.2 Å². The van der Waals surface area contributed by atoms with E-state index in [9.17, 15) is 4.79 Å². The van der Waals surface area contributed by atoms with Gasteiger partial charge in [-0.25, -0.2) is 0 Å². The predicted molar refractivity (Wildman–Crippen MR) is 59.0 cm³/mol. The molecule has 1 atom stereocenters. The van der Waals surface area contributed by atoms with Crippen LogP contribution in [-0.2, 0) is 10.2 Å². The van der Waals surface area contributed by atoms with E-state index in [1.54, 1.807) is 18.2 Å². The number of benzene rings is 1. The van der Waals surface area contributed by atoms with Gasteiger partial charge in [0, 0.05) is 5.56 Å². The third-order valence-electron chi connectivity index (χ3n) is 3.45. The van der Waals surface area contributed by atoms with Crippen LogP contribution >= 0.6 is 0 Å². The van der Waals surface area contributed by atoms with E-state index >= 15 is 0 Å². The molecule has 16 heavy (non-hydrogen) atoms. The minimum atomic E-state index is -0.637. The Labute approximate surface area is 94.6 Å². The van der Waals surface area contributed by atoms with Gasteiger partial charge in [-0.05, 0) is 31.0 Å². The van der Waals surface area contributed by atoms with Crippen LogP contribution in [0.2, 0.25) is 0 Å². The maximum atomic E-state index is 11.9. The second-order valence-electron chi connectivity index (χ2n) is 4.57. The summed E-state index contributed by atoms with van der Waals surface area (Å²) in [5, 5.41) is 8.87. The van der Waals surface area contributed by atoms with Crippen molar-refractivity contribution in [3.05, 3.63) is 29.3 Å². The smallest absolute Gasteiger partial charge is 0.322 e. The fourth-order valence-electron chi connectivity index (χ4n) is 1.96. The first-order chi connectivity index (χ1) is 7.50. The van der Waals surface area contributed by atoms with Crippen LogP contribution in [-0.4, -0.2) is 5.97 Å². The molecule has 1 unspecified atom stereocenters. The van der Waals surface area contributed by atoms with Gasteiger partial charge in [-0.3, -0.25) is 4.79 Å². The van der Waals surface area contributed by atoms with Crippen molar-refractivity contribution < 1.29 is 9.53 Å². The number of hydrogen-bond acceptors (Lipinski definition) is 3. The largest absolute Gasteiger partial charge is 0.426 e. The second-order valence-corrected chi connectivity index (χ2v) is 4.57. The van der Waals surface area contributed by atoms with E-state index in [1.165, 1.54) is 0 Å². The molecular formula is C13H13NO2. The molecule has 0 amide bonds. The van der Waals surface area contributed by atoms with Crippen molar-refractivity contribution in [2.45, 2.75) is 26.2 Å². The molecule has 1 aromatic carbocycles. The lowest BCUT2D eigenvalue weighted by atomic mass is 9.74. The summed E-state index contributed by atoms with van der Waals surface area (Å²) in [4.78, 5) is 11.9. The summed E-state index contributed by atoms with van der Waals surface area (Å²) < 4.78 is 5.23. The van der Waals surface area contributed by atoms with Gasteiger partial charge < -0.3 is 4.74 Å². The number of nitriles is 1. The third-order valence-corrected chi connectivity index (χ3v) is 3.45. The van der Waals surface area contributed by atoms with E-state index in [-0.39, 0.29) is 11.9 Å². The van der Waals surface area contributed by atoms with E-state index in [0.717, 1.165) is 5.56 Å². The topological polar surface area (TPSA) is 50.1 Å². The Morgan fingerprint density at radius 2 is 2.12 bits per heavy atom. The lowest BCUT2D eigenvalue weighted by Crippen LogP contribution is -2.35. The zero-order chi connectivity index (χ0) is 11.9. The summed E-state index contributed by atoms with van der Waals surface area (Å²) in [5.74, 6) is 0.489. The van der Waals surface area contributed by atoms with Gasteiger partial charge in [-0.1, -0.05) is 13.8 Å². The van der Waals surface area contributed by atoms with Crippen molar-refractivity contribution in [2.24, 2.45) is 5.92 Å². The van der Waals surface area contributed by atoms with Crippen LogP contribution < -0.4 is 4.74 Å². The van der Waals surface area contributed by atoms with Crippen LogP contribution in [0.1, 0.15) is 31.9 Å². The Morgan fingerprint density at radius 1 is 1.44 bits per heavy atom. The number of nitrogens with zero attached hydrogens (tertiary/aromatic N) is 1. The summed E-state index contributed by atoms with van der Waals surface area (Å²) in [6, 6.07) is 7.19. The summed E-state index contributed by atoms with van der Waals surface area (Å²) >= 11 is 0. The Kier molecular flexibility index (Phi) is 2.23. The number of fused-ring (bicyclic) bond motifs is 1. The quantitative estimate of drug-likeness (QED) is 0.534. The number of carbonyl (C=O) groups is 1. The van der Waals surface area contributed by atoms with Crippen LogP contribution in [0.4, 0.5) is 0 Å². The van der Waals surface area contributed by atoms with Gasteiger partial charge in [0.2, 0.25) is 0 Å². The molecule has 3 nitrogen and oxygen atoms in total. The lowest BCUT2D eigenvalue weighted by molar-refractivity contribution is -0.139. The number of carbonyl (C=O) groups excluding carboxylic acids is 1. The third kappa shape index (κ3) is 1.23. The normalized spacial score (nSPS) is 22.8. The number of hydrogen-bond donors (Lipinski definition) is 0. The molecule has 0 fully saturated rings. The molecule has 0 saturated carbocycles. The fraction of sp³-hybridized carbons (Fsp3) is 0.385. The number of ether oxygens (including phenoxy) is 1. The number of rotatable bonds is 1. The SMILES string of the molecule is CC(C)C1(C)C(=O)Oc2ccc(C#N)cc21. The Hall–Kier alpha value is -1.82. The van der Waals surface area contributed by atoms with Crippen molar-refractivity contribution in [1.29, 1.82) is 5.26 Å². The van der Waals surface area contributed by atoms with E-state index in [4.69, 9.17) is 10.00 Å². The molecule has 0 saturated heterocycles. The highest BCUT2D eigenvalue weighted by Crippen LogP contribution is 2.44. The highest BCUT2D eigenvalue weighted by atomic mass is 16.5. The highest BCUT2D eigenvalue weighted by molar-refractivity contribution is 5.90. The lowest BCUT2D eigenvalue weighted by Gasteiger charge is -2.24. The van der Waals surface area contributed by atoms with Crippen LogP contribution in [0.5, 0.6) is 5.75 Å². The summed E-state index contributed by atoms with van der Waals surface area (Å²) in [7, 11) is 0. The molecule has 0 bridgehead atoms. The van der Waals surface area contributed by atoms with Crippen molar-refractivity contribution >= 4 is 5.97 Å². The number of esters is 1. The minimum absolute atomic E-state index is 0.134. The van der Waals surface area contributed by atoms with Gasteiger partial charge in [0.1, 0.15) is 5.75 Å². The average molecular weight is 215 g/mol. The van der Waals surface area contributed by atoms with Crippen LogP contribution in [0.25, 0.3) is 0 Å². The van der Waals surface area contributed by atoms with Gasteiger partial charge >= 0.3 is 5.97 Å². The summed E-state index contributed by atoms with van der Waals surface area (Å²) in [6.07, 6.45) is 0. The van der Waals surface area contributed by atoms with Crippen LogP contribution in [0, 0.1) is 17.2 Å².